The third-order valence-corrected chi connectivity index (χ3v) is 3.40. The Bertz CT molecular complexity index is 696. The first-order valence-electron chi connectivity index (χ1n) is 7.00. The molecular formula is C15H14N4O3. The molecule has 1 aromatic carbocycles. The van der Waals surface area contributed by atoms with Crippen LogP contribution in [0.4, 0.5) is 0 Å². The Hall–Kier alpha value is -2.72. The van der Waals surface area contributed by atoms with E-state index in [1.54, 1.807) is 24.3 Å². The van der Waals surface area contributed by atoms with Crippen molar-refractivity contribution in [1.29, 1.82) is 5.26 Å². The van der Waals surface area contributed by atoms with Crippen molar-refractivity contribution in [2.75, 3.05) is 13.2 Å². The van der Waals surface area contributed by atoms with E-state index < -0.39 is 0 Å². The first kappa shape index (κ1) is 14.2. The molecule has 2 aromatic rings. The Morgan fingerprint density at radius 2 is 2.23 bits per heavy atom. The lowest BCUT2D eigenvalue weighted by Gasteiger charge is -2.08. The molecular weight excluding hydrogens is 284 g/mol. The van der Waals surface area contributed by atoms with Crippen LogP contribution in [-0.4, -0.2) is 35.3 Å². The van der Waals surface area contributed by atoms with Crippen LogP contribution < -0.4 is 5.32 Å². The molecule has 0 unspecified atom stereocenters. The Morgan fingerprint density at radius 3 is 2.91 bits per heavy atom. The van der Waals surface area contributed by atoms with Crippen LogP contribution in [0.3, 0.4) is 0 Å². The van der Waals surface area contributed by atoms with Gasteiger partial charge in [0.15, 0.2) is 0 Å². The molecule has 1 fully saturated rings. The van der Waals surface area contributed by atoms with Gasteiger partial charge < -0.3 is 14.6 Å². The van der Waals surface area contributed by atoms with Gasteiger partial charge in [-0.2, -0.15) is 10.2 Å². The zero-order valence-electron chi connectivity index (χ0n) is 11.8. The highest BCUT2D eigenvalue weighted by Crippen LogP contribution is 2.17. The molecule has 0 saturated carbocycles. The molecule has 1 aromatic heterocycles. The molecule has 1 aliphatic heterocycles. The fourth-order valence-corrected chi connectivity index (χ4v) is 2.21. The highest BCUT2D eigenvalue weighted by molar-refractivity contribution is 5.90. The van der Waals surface area contributed by atoms with E-state index in [4.69, 9.17) is 14.5 Å². The summed E-state index contributed by atoms with van der Waals surface area (Å²) in [6.07, 6.45) is 2.03. The number of hydrogen-bond acceptors (Lipinski definition) is 6. The van der Waals surface area contributed by atoms with Crippen LogP contribution in [0, 0.1) is 11.3 Å². The highest BCUT2D eigenvalue weighted by atomic mass is 16.5. The van der Waals surface area contributed by atoms with E-state index >= 15 is 0 Å². The number of rotatable bonds is 4. The Kier molecular flexibility index (Phi) is 4.12. The number of hydrogen-bond donors (Lipinski definition) is 1. The molecule has 1 saturated heterocycles. The van der Waals surface area contributed by atoms with Crippen molar-refractivity contribution in [2.45, 2.75) is 18.9 Å². The van der Waals surface area contributed by atoms with Gasteiger partial charge in [0.1, 0.15) is 0 Å². The van der Waals surface area contributed by atoms with Gasteiger partial charge in [-0.05, 0) is 37.1 Å². The van der Waals surface area contributed by atoms with Gasteiger partial charge in [0.2, 0.25) is 0 Å². The predicted octanol–water partition coefficient (Wildman–Crippen LogP) is 1.52. The second-order valence-electron chi connectivity index (χ2n) is 4.96. The number of amides is 1. The van der Waals surface area contributed by atoms with Crippen LogP contribution in [0.15, 0.2) is 28.8 Å². The van der Waals surface area contributed by atoms with Crippen molar-refractivity contribution < 1.29 is 14.1 Å². The first-order chi connectivity index (χ1) is 10.8. The number of aromatic nitrogens is 2. The van der Waals surface area contributed by atoms with E-state index in [2.05, 4.69) is 15.5 Å². The molecule has 0 spiro atoms. The SMILES string of the molecule is N#Cc1ccc(-c2nc(C(=O)NC[C@@H]3CCCO3)no2)cc1. The number of nitrogens with zero attached hydrogens (tertiary/aromatic N) is 3. The summed E-state index contributed by atoms with van der Waals surface area (Å²) in [6, 6.07) is 8.72. The maximum Gasteiger partial charge on any atom is 0.292 e. The van der Waals surface area contributed by atoms with Crippen LogP contribution in [0.1, 0.15) is 29.0 Å². The van der Waals surface area contributed by atoms with Crippen molar-refractivity contribution in [3.05, 3.63) is 35.7 Å². The van der Waals surface area contributed by atoms with Crippen LogP contribution in [-0.2, 0) is 4.74 Å². The summed E-state index contributed by atoms with van der Waals surface area (Å²) in [6.45, 7) is 1.19. The molecule has 1 amide bonds. The fourth-order valence-electron chi connectivity index (χ4n) is 2.21. The molecule has 0 bridgehead atoms. The van der Waals surface area contributed by atoms with Gasteiger partial charge in [0.05, 0.1) is 17.7 Å². The number of carbonyl (C=O) groups is 1. The van der Waals surface area contributed by atoms with Crippen molar-refractivity contribution in [3.8, 4) is 17.5 Å². The summed E-state index contributed by atoms with van der Waals surface area (Å²) in [5.74, 6) is -0.164. The summed E-state index contributed by atoms with van der Waals surface area (Å²) >= 11 is 0. The van der Waals surface area contributed by atoms with Gasteiger partial charge in [-0.1, -0.05) is 5.16 Å². The van der Waals surface area contributed by atoms with E-state index in [0.717, 1.165) is 19.4 Å². The minimum Gasteiger partial charge on any atom is -0.376 e. The molecule has 0 aliphatic carbocycles. The number of ether oxygens (including phenoxy) is 1. The zero-order valence-corrected chi connectivity index (χ0v) is 11.8. The molecule has 112 valence electrons. The summed E-state index contributed by atoms with van der Waals surface area (Å²) < 4.78 is 10.5. The van der Waals surface area contributed by atoms with E-state index in [1.807, 2.05) is 6.07 Å². The van der Waals surface area contributed by atoms with Crippen molar-refractivity contribution >= 4 is 5.91 Å². The molecule has 1 aliphatic rings. The largest absolute Gasteiger partial charge is 0.376 e. The molecule has 22 heavy (non-hydrogen) atoms. The lowest BCUT2D eigenvalue weighted by atomic mass is 10.1. The Balaban J connectivity index is 1.64. The molecule has 2 heterocycles. The second-order valence-corrected chi connectivity index (χ2v) is 4.96. The molecule has 1 atom stereocenters. The van der Waals surface area contributed by atoms with Crippen LogP contribution in [0.2, 0.25) is 0 Å². The number of benzene rings is 1. The third-order valence-electron chi connectivity index (χ3n) is 3.40. The van der Waals surface area contributed by atoms with Gasteiger partial charge >= 0.3 is 0 Å². The van der Waals surface area contributed by atoms with Crippen LogP contribution in [0.5, 0.6) is 0 Å². The maximum atomic E-state index is 12.0. The van der Waals surface area contributed by atoms with E-state index in [1.165, 1.54) is 0 Å². The summed E-state index contributed by atoms with van der Waals surface area (Å²) in [5.41, 5.74) is 1.20. The summed E-state index contributed by atoms with van der Waals surface area (Å²) in [4.78, 5) is 16.0. The van der Waals surface area contributed by atoms with Gasteiger partial charge in [-0.3, -0.25) is 4.79 Å². The standard InChI is InChI=1S/C15H14N4O3/c16-8-10-3-5-11(6-4-10)15-18-13(19-22-15)14(20)17-9-12-2-1-7-21-12/h3-6,12H,1-2,7,9H2,(H,17,20)/t12-/m0/s1. The first-order valence-corrected chi connectivity index (χ1v) is 7.00. The quantitative estimate of drug-likeness (QED) is 0.918. The molecule has 3 rings (SSSR count). The third kappa shape index (κ3) is 3.13. The molecule has 7 heteroatoms. The molecule has 0 radical (unpaired) electrons. The van der Waals surface area contributed by atoms with Crippen LogP contribution in [0.25, 0.3) is 11.5 Å². The lowest BCUT2D eigenvalue weighted by molar-refractivity contribution is 0.0847. The van der Waals surface area contributed by atoms with Crippen LogP contribution >= 0.6 is 0 Å². The maximum absolute atomic E-state index is 12.0. The van der Waals surface area contributed by atoms with E-state index in [0.29, 0.717) is 17.7 Å². The normalized spacial score (nSPS) is 17.1. The van der Waals surface area contributed by atoms with Gasteiger partial charge in [0.25, 0.3) is 17.6 Å². The zero-order chi connectivity index (χ0) is 15.4. The molecule has 7 nitrogen and oxygen atoms in total. The molecule has 1 N–H and O–H groups in total. The topological polar surface area (TPSA) is 101 Å². The number of carbonyl (C=O) groups excluding carboxylic acids is 1. The highest BCUT2D eigenvalue weighted by Gasteiger charge is 2.19. The number of nitrogens with one attached hydrogen (secondary N) is 1. The van der Waals surface area contributed by atoms with Crippen molar-refractivity contribution in [3.63, 3.8) is 0 Å². The Labute approximate surface area is 126 Å². The smallest absolute Gasteiger partial charge is 0.292 e. The second kappa shape index (κ2) is 6.37. The monoisotopic (exact) mass is 298 g/mol. The van der Waals surface area contributed by atoms with E-state index in [-0.39, 0.29) is 23.7 Å². The average molecular weight is 298 g/mol. The number of nitriles is 1. The summed E-state index contributed by atoms with van der Waals surface area (Å²) in [5, 5.41) is 15.2. The predicted molar refractivity (Wildman–Crippen MR) is 75.8 cm³/mol. The lowest BCUT2D eigenvalue weighted by Crippen LogP contribution is -2.32. The minimum absolute atomic E-state index is 0.0163. The summed E-state index contributed by atoms with van der Waals surface area (Å²) in [7, 11) is 0. The Morgan fingerprint density at radius 1 is 1.41 bits per heavy atom. The van der Waals surface area contributed by atoms with Crippen molar-refractivity contribution in [1.82, 2.24) is 15.5 Å². The van der Waals surface area contributed by atoms with Gasteiger partial charge in [0, 0.05) is 18.7 Å². The minimum atomic E-state index is -0.390. The van der Waals surface area contributed by atoms with E-state index in [9.17, 15) is 4.79 Å². The van der Waals surface area contributed by atoms with Gasteiger partial charge in [-0.25, -0.2) is 0 Å². The van der Waals surface area contributed by atoms with Crippen molar-refractivity contribution in [2.24, 2.45) is 0 Å². The van der Waals surface area contributed by atoms with Gasteiger partial charge in [-0.15, -0.1) is 0 Å². The fraction of sp³-hybridized carbons (Fsp3) is 0.333. The average Bonchev–Trinajstić information content (AvgIpc) is 3.24.